The van der Waals surface area contributed by atoms with Gasteiger partial charge in [-0.15, -0.1) is 0 Å². The summed E-state index contributed by atoms with van der Waals surface area (Å²) >= 11 is -0.131. The minimum atomic E-state index is -2.29. The van der Waals surface area contributed by atoms with Crippen LogP contribution in [0, 0.1) is 35.0 Å². The Hall–Kier alpha value is -1.93. The van der Waals surface area contributed by atoms with Gasteiger partial charge in [-0.25, -0.2) is 22.0 Å². The zero-order valence-corrected chi connectivity index (χ0v) is 13.0. The Labute approximate surface area is 138 Å². The zero-order chi connectivity index (χ0) is 18.0. The highest BCUT2D eigenvalue weighted by atomic mass is 32.2. The smallest absolute Gasteiger partial charge is 0.200 e. The second kappa shape index (κ2) is 7.31. The van der Waals surface area contributed by atoms with Crippen LogP contribution < -0.4 is 0 Å². The summed E-state index contributed by atoms with van der Waals surface area (Å²) in [6, 6.07) is 8.00. The lowest BCUT2D eigenvalue weighted by atomic mass is 9.99. The molecule has 128 valence electrons. The van der Waals surface area contributed by atoms with Crippen LogP contribution in [0.15, 0.2) is 35.2 Å². The maximum atomic E-state index is 13.6. The number of carbonyl (C=O) groups is 1. The van der Waals surface area contributed by atoms with Crippen LogP contribution in [0.4, 0.5) is 22.0 Å². The second-order valence-electron chi connectivity index (χ2n) is 4.96. The molecule has 0 aliphatic carbocycles. The molecule has 0 saturated heterocycles. The largest absolute Gasteiger partial charge is 0.388 e. The molecular weight excluding hydrogens is 351 g/mol. The lowest BCUT2D eigenvalue weighted by molar-refractivity contribution is -0.117. The lowest BCUT2D eigenvalue weighted by Crippen LogP contribution is -2.17. The molecule has 24 heavy (non-hydrogen) atoms. The Morgan fingerprint density at radius 2 is 1.38 bits per heavy atom. The fourth-order valence-corrected chi connectivity index (χ4v) is 2.81. The van der Waals surface area contributed by atoms with Gasteiger partial charge in [-0.1, -0.05) is 37.3 Å². The quantitative estimate of drug-likeness (QED) is 0.380. The molecule has 0 spiro atoms. The summed E-state index contributed by atoms with van der Waals surface area (Å²) in [6.07, 6.45) is -1.28. The second-order valence-corrected chi connectivity index (χ2v) is 5.98. The average molecular weight is 362 g/mol. The molecule has 2 atom stereocenters. The molecule has 0 aromatic heterocycles. The fraction of sp³-hybridized carbons (Fsp3) is 0.188. The summed E-state index contributed by atoms with van der Waals surface area (Å²) in [5.41, 5.74) is 0.386. The Kier molecular flexibility index (Phi) is 5.61. The summed E-state index contributed by atoms with van der Waals surface area (Å²) in [5.74, 6) is -11.8. The first-order valence-electron chi connectivity index (χ1n) is 6.71. The van der Waals surface area contributed by atoms with E-state index in [1.54, 1.807) is 18.2 Å². The molecule has 2 nitrogen and oxygen atoms in total. The molecule has 1 N–H and O–H groups in total. The molecule has 0 unspecified atom stereocenters. The van der Waals surface area contributed by atoms with E-state index >= 15 is 0 Å². The number of benzene rings is 2. The van der Waals surface area contributed by atoms with E-state index in [1.165, 1.54) is 19.1 Å². The summed E-state index contributed by atoms with van der Waals surface area (Å²) in [6.45, 7) is 1.29. The van der Waals surface area contributed by atoms with Gasteiger partial charge in [0.1, 0.15) is 0 Å². The van der Waals surface area contributed by atoms with E-state index in [1.807, 2.05) is 0 Å². The van der Waals surface area contributed by atoms with E-state index < -0.39 is 51.1 Å². The van der Waals surface area contributed by atoms with E-state index in [-0.39, 0.29) is 11.8 Å². The highest BCUT2D eigenvalue weighted by Gasteiger charge is 2.31. The molecule has 0 bridgehead atoms. The first-order valence-corrected chi connectivity index (χ1v) is 7.53. The fourth-order valence-electron chi connectivity index (χ4n) is 1.94. The van der Waals surface area contributed by atoms with Crippen LogP contribution >= 0.6 is 11.8 Å². The standard InChI is InChI=1S/C16H11F5O2S/c1-7(14(22)8-5-3-2-4-6-8)16(23)24-15-12(20)10(18)9(17)11(19)13(15)21/h2-7,14,22H,1H3/t7-,14-/m1/s1. The number of halogens is 5. The Morgan fingerprint density at radius 1 is 0.917 bits per heavy atom. The van der Waals surface area contributed by atoms with Crippen molar-refractivity contribution in [1.82, 2.24) is 0 Å². The van der Waals surface area contributed by atoms with E-state index in [4.69, 9.17) is 0 Å². The lowest BCUT2D eigenvalue weighted by Gasteiger charge is -2.18. The van der Waals surface area contributed by atoms with Crippen molar-refractivity contribution < 1.29 is 31.9 Å². The number of thioether (sulfide) groups is 1. The first-order chi connectivity index (χ1) is 11.3. The predicted molar refractivity (Wildman–Crippen MR) is 77.7 cm³/mol. The normalized spacial score (nSPS) is 13.6. The molecule has 0 heterocycles. The van der Waals surface area contributed by atoms with Crippen molar-refractivity contribution in [3.05, 3.63) is 65.0 Å². The van der Waals surface area contributed by atoms with Crippen LogP contribution in [0.5, 0.6) is 0 Å². The molecular formula is C16H11F5O2S. The molecule has 2 aromatic carbocycles. The number of hydrogen-bond donors (Lipinski definition) is 1. The van der Waals surface area contributed by atoms with Gasteiger partial charge in [0, 0.05) is 0 Å². The van der Waals surface area contributed by atoms with Gasteiger partial charge in [0.15, 0.2) is 28.4 Å². The minimum Gasteiger partial charge on any atom is -0.388 e. The van der Waals surface area contributed by atoms with Gasteiger partial charge in [0.25, 0.3) is 0 Å². The predicted octanol–water partition coefficient (Wildman–Crippen LogP) is 4.37. The van der Waals surface area contributed by atoms with Crippen LogP contribution in [0.3, 0.4) is 0 Å². The number of aliphatic hydroxyl groups is 1. The van der Waals surface area contributed by atoms with E-state index in [0.29, 0.717) is 5.56 Å². The summed E-state index contributed by atoms with van der Waals surface area (Å²) in [4.78, 5) is 10.8. The van der Waals surface area contributed by atoms with Gasteiger partial charge in [-0.3, -0.25) is 4.79 Å². The Morgan fingerprint density at radius 3 is 1.88 bits per heavy atom. The minimum absolute atomic E-state index is 0.131. The monoisotopic (exact) mass is 362 g/mol. The maximum Gasteiger partial charge on any atom is 0.200 e. The van der Waals surface area contributed by atoms with Crippen molar-refractivity contribution in [3.63, 3.8) is 0 Å². The van der Waals surface area contributed by atoms with E-state index in [2.05, 4.69) is 0 Å². The van der Waals surface area contributed by atoms with Crippen LogP contribution in [0.25, 0.3) is 0 Å². The third-order valence-electron chi connectivity index (χ3n) is 3.36. The van der Waals surface area contributed by atoms with Gasteiger partial charge in [-0.2, -0.15) is 0 Å². The third-order valence-corrected chi connectivity index (χ3v) is 4.49. The van der Waals surface area contributed by atoms with Crippen molar-refractivity contribution >= 4 is 16.9 Å². The molecule has 0 radical (unpaired) electrons. The maximum absolute atomic E-state index is 13.6. The summed E-state index contributed by atoms with van der Waals surface area (Å²) in [7, 11) is 0. The molecule has 0 fully saturated rings. The third kappa shape index (κ3) is 3.44. The number of aliphatic hydroxyl groups excluding tert-OH is 1. The topological polar surface area (TPSA) is 37.3 Å². The van der Waals surface area contributed by atoms with Gasteiger partial charge >= 0.3 is 0 Å². The van der Waals surface area contributed by atoms with Crippen molar-refractivity contribution in [3.8, 4) is 0 Å². The van der Waals surface area contributed by atoms with Crippen LogP contribution in [0.2, 0.25) is 0 Å². The van der Waals surface area contributed by atoms with Gasteiger partial charge in [0.2, 0.25) is 5.82 Å². The summed E-state index contributed by atoms with van der Waals surface area (Å²) in [5, 5.41) is 9.16. The van der Waals surface area contributed by atoms with E-state index in [0.717, 1.165) is 0 Å². The number of rotatable bonds is 4. The molecule has 0 aliphatic heterocycles. The highest BCUT2D eigenvalue weighted by Crippen LogP contribution is 2.35. The van der Waals surface area contributed by atoms with Gasteiger partial charge in [0.05, 0.1) is 16.9 Å². The summed E-state index contributed by atoms with van der Waals surface area (Å²) < 4.78 is 66.5. The first kappa shape index (κ1) is 18.4. The van der Waals surface area contributed by atoms with Crippen LogP contribution in [0.1, 0.15) is 18.6 Å². The number of hydrogen-bond acceptors (Lipinski definition) is 3. The molecule has 0 saturated carbocycles. The zero-order valence-electron chi connectivity index (χ0n) is 12.2. The molecule has 8 heteroatoms. The Balaban J connectivity index is 2.27. The molecule has 2 aromatic rings. The van der Waals surface area contributed by atoms with Crippen molar-refractivity contribution in [2.75, 3.05) is 0 Å². The van der Waals surface area contributed by atoms with Gasteiger partial charge in [-0.05, 0) is 17.3 Å². The number of carbonyl (C=O) groups excluding carboxylic acids is 1. The van der Waals surface area contributed by atoms with Crippen molar-refractivity contribution in [2.45, 2.75) is 17.9 Å². The molecule has 2 rings (SSSR count). The van der Waals surface area contributed by atoms with Crippen LogP contribution in [-0.4, -0.2) is 10.2 Å². The molecule has 0 aliphatic rings. The Bertz CT molecular complexity index is 738. The van der Waals surface area contributed by atoms with Crippen molar-refractivity contribution in [1.29, 1.82) is 0 Å². The van der Waals surface area contributed by atoms with E-state index in [9.17, 15) is 31.9 Å². The van der Waals surface area contributed by atoms with Crippen molar-refractivity contribution in [2.24, 2.45) is 5.92 Å². The average Bonchev–Trinajstić information content (AvgIpc) is 2.61. The van der Waals surface area contributed by atoms with Gasteiger partial charge < -0.3 is 5.11 Å². The molecule has 0 amide bonds. The van der Waals surface area contributed by atoms with Crippen LogP contribution in [-0.2, 0) is 4.79 Å². The SMILES string of the molecule is C[C@@H](C(=O)Sc1c(F)c(F)c(F)c(F)c1F)[C@@H](O)c1ccccc1. The highest BCUT2D eigenvalue weighted by molar-refractivity contribution is 8.13.